The van der Waals surface area contributed by atoms with Crippen molar-refractivity contribution in [2.24, 2.45) is 0 Å². The number of fused-ring (bicyclic) bond motifs is 1. The van der Waals surface area contributed by atoms with Crippen molar-refractivity contribution >= 4 is 34.2 Å². The molecule has 1 aromatic heterocycles. The minimum Gasteiger partial charge on any atom is -0.493 e. The van der Waals surface area contributed by atoms with Gasteiger partial charge in [0.2, 0.25) is 5.91 Å². The molecule has 6 nitrogen and oxygen atoms in total. The molecule has 1 aliphatic rings. The Balaban J connectivity index is 1.42. The second-order valence-electron chi connectivity index (χ2n) is 8.45. The smallest absolute Gasteiger partial charge is 0.227 e. The van der Waals surface area contributed by atoms with E-state index in [9.17, 15) is 4.79 Å². The van der Waals surface area contributed by atoms with Gasteiger partial charge in [-0.2, -0.15) is 0 Å². The van der Waals surface area contributed by atoms with Gasteiger partial charge in [0.05, 0.1) is 24.7 Å². The van der Waals surface area contributed by atoms with Crippen molar-refractivity contribution in [2.75, 3.05) is 25.2 Å². The molecule has 0 spiro atoms. The van der Waals surface area contributed by atoms with Crippen LogP contribution < -0.4 is 14.4 Å². The number of amides is 1. The highest BCUT2D eigenvalue weighted by molar-refractivity contribution is 6.31. The Morgan fingerprint density at radius 3 is 2.65 bits per heavy atom. The van der Waals surface area contributed by atoms with Gasteiger partial charge in [0, 0.05) is 29.6 Å². The van der Waals surface area contributed by atoms with Crippen LogP contribution in [0.2, 0.25) is 5.02 Å². The van der Waals surface area contributed by atoms with Gasteiger partial charge in [-0.25, -0.2) is 4.98 Å². The number of carbonyl (C=O) groups is 1. The molecule has 1 unspecified atom stereocenters. The summed E-state index contributed by atoms with van der Waals surface area (Å²) in [7, 11) is 1.63. The molecule has 1 saturated heterocycles. The van der Waals surface area contributed by atoms with E-state index in [-0.39, 0.29) is 11.8 Å². The van der Waals surface area contributed by atoms with Gasteiger partial charge < -0.3 is 18.9 Å². The largest absolute Gasteiger partial charge is 0.493 e. The summed E-state index contributed by atoms with van der Waals surface area (Å²) < 4.78 is 13.6. The molecule has 0 radical (unpaired) electrons. The molecule has 0 saturated carbocycles. The topological polar surface area (TPSA) is 56.6 Å². The van der Waals surface area contributed by atoms with E-state index in [1.165, 1.54) is 0 Å². The number of rotatable bonds is 7. The highest BCUT2D eigenvalue weighted by Crippen LogP contribution is 2.35. The van der Waals surface area contributed by atoms with Crippen LogP contribution in [0.15, 0.2) is 66.7 Å². The van der Waals surface area contributed by atoms with Crippen LogP contribution in [0.3, 0.4) is 0 Å². The van der Waals surface area contributed by atoms with Crippen LogP contribution in [0, 0.1) is 6.92 Å². The van der Waals surface area contributed by atoms with Gasteiger partial charge in [-0.05, 0) is 48.9 Å². The first kappa shape index (κ1) is 22.3. The first-order valence-corrected chi connectivity index (χ1v) is 11.7. The summed E-state index contributed by atoms with van der Waals surface area (Å²) in [6, 6.07) is 21.3. The third-order valence-corrected chi connectivity index (χ3v) is 6.51. The fourth-order valence-corrected chi connectivity index (χ4v) is 4.78. The highest BCUT2D eigenvalue weighted by atomic mass is 35.5. The Morgan fingerprint density at radius 1 is 1.06 bits per heavy atom. The number of para-hydroxylation sites is 4. The fourth-order valence-electron chi connectivity index (χ4n) is 4.61. The molecule has 0 aliphatic carbocycles. The maximum atomic E-state index is 13.0. The summed E-state index contributed by atoms with van der Waals surface area (Å²) in [5, 5.41) is 0.623. The summed E-state index contributed by atoms with van der Waals surface area (Å²) in [5.74, 6) is 2.37. The number of anilines is 1. The molecule has 0 N–H and O–H groups in total. The van der Waals surface area contributed by atoms with Gasteiger partial charge >= 0.3 is 0 Å². The van der Waals surface area contributed by atoms with Crippen molar-refractivity contribution in [3.63, 3.8) is 0 Å². The number of ether oxygens (including phenoxy) is 2. The van der Waals surface area contributed by atoms with Crippen molar-refractivity contribution < 1.29 is 14.3 Å². The minimum atomic E-state index is -0.0236. The number of halogens is 1. The zero-order chi connectivity index (χ0) is 23.7. The van der Waals surface area contributed by atoms with Crippen molar-refractivity contribution in [3.05, 3.63) is 83.1 Å². The average molecular weight is 476 g/mol. The number of carbonyl (C=O) groups excluding carboxylic acids is 1. The third-order valence-electron chi connectivity index (χ3n) is 6.28. The number of hydrogen-bond acceptors (Lipinski definition) is 4. The molecular formula is C27H26ClN3O3. The fraction of sp³-hybridized carbons (Fsp3) is 0.259. The quantitative estimate of drug-likeness (QED) is 0.349. The number of methoxy groups -OCH3 is 1. The van der Waals surface area contributed by atoms with E-state index < -0.39 is 0 Å². The molecule has 7 heteroatoms. The lowest BCUT2D eigenvalue weighted by atomic mass is 10.1. The Bertz CT molecular complexity index is 1350. The van der Waals surface area contributed by atoms with Crippen LogP contribution in [0.25, 0.3) is 11.0 Å². The summed E-state index contributed by atoms with van der Waals surface area (Å²) in [6.45, 7) is 3.62. The van der Waals surface area contributed by atoms with Crippen molar-refractivity contribution in [2.45, 2.75) is 25.8 Å². The van der Waals surface area contributed by atoms with Crippen LogP contribution in [0.5, 0.6) is 11.5 Å². The van der Waals surface area contributed by atoms with Gasteiger partial charge in [-0.1, -0.05) is 41.9 Å². The lowest BCUT2D eigenvalue weighted by Gasteiger charge is -2.20. The molecule has 4 aromatic rings. The first-order chi connectivity index (χ1) is 16.5. The lowest BCUT2D eigenvalue weighted by molar-refractivity contribution is -0.117. The molecule has 5 rings (SSSR count). The van der Waals surface area contributed by atoms with E-state index in [0.717, 1.165) is 28.1 Å². The highest BCUT2D eigenvalue weighted by Gasteiger charge is 2.35. The van der Waals surface area contributed by atoms with Crippen LogP contribution in [0.1, 0.15) is 23.7 Å². The van der Waals surface area contributed by atoms with E-state index in [1.807, 2.05) is 72.5 Å². The molecule has 1 fully saturated rings. The number of imidazole rings is 1. The van der Waals surface area contributed by atoms with Gasteiger partial charge in [-0.3, -0.25) is 4.79 Å². The summed E-state index contributed by atoms with van der Waals surface area (Å²) in [4.78, 5) is 19.8. The van der Waals surface area contributed by atoms with Gasteiger partial charge in [0.1, 0.15) is 12.4 Å². The summed E-state index contributed by atoms with van der Waals surface area (Å²) in [5.41, 5.74) is 3.84. The van der Waals surface area contributed by atoms with Gasteiger partial charge in [-0.15, -0.1) is 0 Å². The maximum absolute atomic E-state index is 13.0. The Morgan fingerprint density at radius 2 is 1.82 bits per heavy atom. The standard InChI is InChI=1S/C27H26ClN3O3/c1-18-11-12-20(28)16-23(18)31-17-19(15-26(31)32)27-29-21-7-3-4-8-22(21)30(27)13-14-34-25-10-6-5-9-24(25)33-2/h3-12,16,19H,13-15,17H2,1-2H3. The predicted molar refractivity (Wildman–Crippen MR) is 134 cm³/mol. The molecular weight excluding hydrogens is 450 g/mol. The Kier molecular flexibility index (Phi) is 6.16. The number of aromatic nitrogens is 2. The Labute approximate surface area is 203 Å². The number of benzene rings is 3. The monoisotopic (exact) mass is 475 g/mol. The molecule has 34 heavy (non-hydrogen) atoms. The van der Waals surface area contributed by atoms with Crippen molar-refractivity contribution in [1.29, 1.82) is 0 Å². The molecule has 2 heterocycles. The average Bonchev–Trinajstić information content (AvgIpc) is 3.41. The van der Waals surface area contributed by atoms with Crippen LogP contribution in [0.4, 0.5) is 5.69 Å². The summed E-state index contributed by atoms with van der Waals surface area (Å²) >= 11 is 6.23. The van der Waals surface area contributed by atoms with E-state index in [2.05, 4.69) is 10.6 Å². The lowest BCUT2D eigenvalue weighted by Crippen LogP contribution is -2.25. The van der Waals surface area contributed by atoms with Gasteiger partial charge in [0.15, 0.2) is 11.5 Å². The molecule has 174 valence electrons. The zero-order valence-electron chi connectivity index (χ0n) is 19.2. The predicted octanol–water partition coefficient (Wildman–Crippen LogP) is 5.61. The molecule has 3 aromatic carbocycles. The first-order valence-electron chi connectivity index (χ1n) is 11.3. The van der Waals surface area contributed by atoms with Crippen molar-refractivity contribution in [1.82, 2.24) is 9.55 Å². The van der Waals surface area contributed by atoms with E-state index >= 15 is 0 Å². The second-order valence-corrected chi connectivity index (χ2v) is 8.88. The SMILES string of the molecule is COc1ccccc1OCCn1c(C2CC(=O)N(c3cc(Cl)ccc3C)C2)nc2ccccc21. The van der Waals surface area contributed by atoms with Crippen LogP contribution in [-0.4, -0.2) is 35.7 Å². The number of nitrogens with zero attached hydrogens (tertiary/aromatic N) is 3. The normalized spacial score (nSPS) is 15.8. The van der Waals surface area contributed by atoms with Gasteiger partial charge in [0.25, 0.3) is 0 Å². The van der Waals surface area contributed by atoms with E-state index in [1.54, 1.807) is 7.11 Å². The molecule has 1 amide bonds. The second kappa shape index (κ2) is 9.39. The van der Waals surface area contributed by atoms with Crippen molar-refractivity contribution in [3.8, 4) is 11.5 Å². The Hall–Kier alpha value is -3.51. The summed E-state index contributed by atoms with van der Waals surface area (Å²) in [6.07, 6.45) is 0.405. The van der Waals surface area contributed by atoms with Crippen LogP contribution in [-0.2, 0) is 11.3 Å². The zero-order valence-corrected chi connectivity index (χ0v) is 20.0. The molecule has 0 bridgehead atoms. The maximum Gasteiger partial charge on any atom is 0.227 e. The van der Waals surface area contributed by atoms with Crippen LogP contribution >= 0.6 is 11.6 Å². The van der Waals surface area contributed by atoms with E-state index in [0.29, 0.717) is 42.6 Å². The van der Waals surface area contributed by atoms with E-state index in [4.69, 9.17) is 26.1 Å². The third kappa shape index (κ3) is 4.21. The minimum absolute atomic E-state index is 0.0236. The molecule has 1 atom stereocenters. The molecule has 1 aliphatic heterocycles. The number of hydrogen-bond donors (Lipinski definition) is 0. The number of aryl methyl sites for hydroxylation is 1.